The van der Waals surface area contributed by atoms with E-state index >= 15 is 0 Å². The Labute approximate surface area is 170 Å². The molecule has 0 N–H and O–H groups in total. The number of likely N-dealkylation sites (tertiary alicyclic amines) is 1. The second-order valence-electron chi connectivity index (χ2n) is 8.25. The third-order valence-electron chi connectivity index (χ3n) is 6.28. The number of piperidine rings is 1. The number of fused-ring (bicyclic) bond motifs is 1. The van der Waals surface area contributed by atoms with E-state index in [-0.39, 0.29) is 18.4 Å². The fourth-order valence-corrected chi connectivity index (χ4v) is 5.50. The molecule has 3 heterocycles. The molecule has 0 unspecified atom stereocenters. The van der Waals surface area contributed by atoms with Gasteiger partial charge >= 0.3 is 0 Å². The predicted molar refractivity (Wildman–Crippen MR) is 107 cm³/mol. The Kier molecular flexibility index (Phi) is 4.98. The highest BCUT2D eigenvalue weighted by molar-refractivity contribution is 7.88. The molecule has 1 aromatic carbocycles. The molecular weight excluding hydrogens is 392 g/mol. The van der Waals surface area contributed by atoms with E-state index < -0.39 is 15.4 Å². The molecule has 8 nitrogen and oxygen atoms in total. The molecular formula is C20H26N4O4S. The van der Waals surface area contributed by atoms with Crippen LogP contribution >= 0.6 is 0 Å². The van der Waals surface area contributed by atoms with E-state index in [0.717, 1.165) is 11.1 Å². The largest absolute Gasteiger partial charge is 0.341 e. The summed E-state index contributed by atoms with van der Waals surface area (Å²) in [5.41, 5.74) is 1.46. The van der Waals surface area contributed by atoms with Gasteiger partial charge in [0.25, 0.3) is 0 Å². The summed E-state index contributed by atoms with van der Waals surface area (Å²) in [6.07, 6.45) is 2.26. The first-order valence-electron chi connectivity index (χ1n) is 9.77. The van der Waals surface area contributed by atoms with E-state index in [0.29, 0.717) is 44.2 Å². The minimum Gasteiger partial charge on any atom is -0.341 e. The molecule has 2 fully saturated rings. The highest BCUT2D eigenvalue weighted by Crippen LogP contribution is 2.44. The zero-order valence-corrected chi connectivity index (χ0v) is 17.8. The lowest BCUT2D eigenvalue weighted by atomic mass is 9.72. The van der Waals surface area contributed by atoms with Crippen LogP contribution in [0.3, 0.4) is 0 Å². The van der Waals surface area contributed by atoms with Crippen LogP contribution in [0.15, 0.2) is 28.8 Å². The number of hydrogen-bond acceptors (Lipinski definition) is 6. The fourth-order valence-electron chi connectivity index (χ4n) is 4.58. The van der Waals surface area contributed by atoms with Gasteiger partial charge in [-0.15, -0.1) is 0 Å². The van der Waals surface area contributed by atoms with Gasteiger partial charge in [0, 0.05) is 33.1 Å². The highest BCUT2D eigenvalue weighted by atomic mass is 32.2. The Balaban J connectivity index is 1.63. The first kappa shape index (κ1) is 20.0. The maximum absolute atomic E-state index is 13.1. The van der Waals surface area contributed by atoms with Crippen molar-refractivity contribution in [3.63, 3.8) is 0 Å². The molecule has 2 aliphatic heterocycles. The average Bonchev–Trinajstić information content (AvgIpc) is 3.27. The summed E-state index contributed by atoms with van der Waals surface area (Å²) in [5.74, 6) is 1.03. The topological polar surface area (TPSA) is 96.6 Å². The normalized spacial score (nSPS) is 25.2. The Morgan fingerprint density at radius 3 is 2.69 bits per heavy atom. The highest BCUT2D eigenvalue weighted by Gasteiger charge is 2.56. The summed E-state index contributed by atoms with van der Waals surface area (Å²) in [4.78, 5) is 19.4. The zero-order valence-electron chi connectivity index (χ0n) is 17.0. The van der Waals surface area contributed by atoms with Gasteiger partial charge < -0.3 is 9.42 Å². The molecule has 2 atom stereocenters. The summed E-state index contributed by atoms with van der Waals surface area (Å²) in [6, 6.07) is 7.87. The summed E-state index contributed by atoms with van der Waals surface area (Å²) in [6.45, 7) is 5.41. The van der Waals surface area contributed by atoms with Crippen LogP contribution < -0.4 is 0 Å². The van der Waals surface area contributed by atoms with E-state index in [2.05, 4.69) is 10.1 Å². The maximum Gasteiger partial charge on any atom is 0.227 e. The number of rotatable bonds is 4. The van der Waals surface area contributed by atoms with Crippen molar-refractivity contribution in [2.75, 3.05) is 32.4 Å². The molecule has 0 radical (unpaired) electrons. The Bertz CT molecular complexity index is 1030. The van der Waals surface area contributed by atoms with Gasteiger partial charge in [0.05, 0.1) is 18.1 Å². The number of carbonyl (C=O) groups excluding carboxylic acids is 1. The van der Waals surface area contributed by atoms with E-state index in [9.17, 15) is 13.2 Å². The molecule has 2 saturated heterocycles. The van der Waals surface area contributed by atoms with E-state index in [1.165, 1.54) is 10.6 Å². The van der Waals surface area contributed by atoms with Gasteiger partial charge in [-0.3, -0.25) is 4.79 Å². The van der Waals surface area contributed by atoms with Crippen molar-refractivity contribution in [1.82, 2.24) is 19.3 Å². The first-order valence-corrected chi connectivity index (χ1v) is 11.6. The van der Waals surface area contributed by atoms with Gasteiger partial charge in [0.2, 0.25) is 21.8 Å². The van der Waals surface area contributed by atoms with Crippen LogP contribution in [-0.4, -0.2) is 66.1 Å². The molecule has 1 amide bonds. The minimum absolute atomic E-state index is 0.0372. The van der Waals surface area contributed by atoms with Gasteiger partial charge in [0.15, 0.2) is 5.82 Å². The Hall–Kier alpha value is -2.26. The van der Waals surface area contributed by atoms with Crippen molar-refractivity contribution in [3.8, 4) is 0 Å². The second kappa shape index (κ2) is 7.21. The molecule has 4 rings (SSSR count). The van der Waals surface area contributed by atoms with Crippen molar-refractivity contribution in [3.05, 3.63) is 47.1 Å². The average molecular weight is 419 g/mol. The van der Waals surface area contributed by atoms with Gasteiger partial charge in [0.1, 0.15) is 0 Å². The Morgan fingerprint density at radius 2 is 2.03 bits per heavy atom. The molecule has 0 aliphatic carbocycles. The summed E-state index contributed by atoms with van der Waals surface area (Å²) < 4.78 is 31.2. The number of carbonyl (C=O) groups is 1. The minimum atomic E-state index is -3.35. The van der Waals surface area contributed by atoms with Crippen molar-refractivity contribution in [2.24, 2.45) is 5.92 Å². The lowest BCUT2D eigenvalue weighted by Gasteiger charge is -2.42. The lowest BCUT2D eigenvalue weighted by Crippen LogP contribution is -2.54. The maximum atomic E-state index is 13.1. The van der Waals surface area contributed by atoms with E-state index in [1.807, 2.05) is 36.1 Å². The molecule has 2 aliphatic rings. The van der Waals surface area contributed by atoms with E-state index in [4.69, 9.17) is 4.52 Å². The van der Waals surface area contributed by atoms with Crippen LogP contribution in [0.1, 0.15) is 29.3 Å². The number of aryl methyl sites for hydroxylation is 2. The molecule has 0 bridgehead atoms. The standard InChI is InChI=1S/C20H26N4O4S/c1-14-6-4-5-7-16(14)10-18(25)23-9-8-17-11-24(29(3,26)27)13-20(17,12-23)19-21-15(2)28-22-19/h4-7,17H,8-13H2,1-3H3/t17-,20-/m0/s1. The van der Waals surface area contributed by atoms with Crippen LogP contribution in [0.2, 0.25) is 0 Å². The zero-order chi connectivity index (χ0) is 20.8. The molecule has 1 aromatic heterocycles. The van der Waals surface area contributed by atoms with Gasteiger partial charge in [-0.1, -0.05) is 29.4 Å². The third-order valence-corrected chi connectivity index (χ3v) is 7.50. The number of aromatic nitrogens is 2. The van der Waals surface area contributed by atoms with Crippen molar-refractivity contribution < 1.29 is 17.7 Å². The number of benzene rings is 1. The number of amides is 1. The van der Waals surface area contributed by atoms with Crippen molar-refractivity contribution in [1.29, 1.82) is 0 Å². The smallest absolute Gasteiger partial charge is 0.227 e. The Morgan fingerprint density at radius 1 is 1.28 bits per heavy atom. The van der Waals surface area contributed by atoms with Crippen LogP contribution in [0.25, 0.3) is 0 Å². The van der Waals surface area contributed by atoms with E-state index in [1.54, 1.807) is 6.92 Å². The van der Waals surface area contributed by atoms with Gasteiger partial charge in [-0.25, -0.2) is 12.7 Å². The number of sulfonamides is 1. The van der Waals surface area contributed by atoms with Crippen molar-refractivity contribution >= 4 is 15.9 Å². The molecule has 0 spiro atoms. The fraction of sp³-hybridized carbons (Fsp3) is 0.550. The summed E-state index contributed by atoms with van der Waals surface area (Å²) in [5, 5.41) is 4.14. The predicted octanol–water partition coefficient (Wildman–Crippen LogP) is 1.29. The lowest BCUT2D eigenvalue weighted by molar-refractivity contribution is -0.133. The second-order valence-corrected chi connectivity index (χ2v) is 10.2. The summed E-state index contributed by atoms with van der Waals surface area (Å²) >= 11 is 0. The van der Waals surface area contributed by atoms with Gasteiger partial charge in [-0.05, 0) is 30.4 Å². The first-order chi connectivity index (χ1) is 13.7. The number of hydrogen-bond donors (Lipinski definition) is 0. The molecule has 0 saturated carbocycles. The number of nitrogens with zero attached hydrogens (tertiary/aromatic N) is 4. The summed E-state index contributed by atoms with van der Waals surface area (Å²) in [7, 11) is -3.35. The SMILES string of the molecule is Cc1nc([C@]23CN(C(=O)Cc4ccccc4C)CC[C@H]2CN(S(C)(=O)=O)C3)no1. The van der Waals surface area contributed by atoms with Crippen molar-refractivity contribution in [2.45, 2.75) is 32.1 Å². The molecule has 9 heteroatoms. The van der Waals surface area contributed by atoms with Crippen LogP contribution in [0.4, 0.5) is 0 Å². The molecule has 156 valence electrons. The van der Waals surface area contributed by atoms with Crippen LogP contribution in [-0.2, 0) is 26.7 Å². The van der Waals surface area contributed by atoms with Crippen LogP contribution in [0.5, 0.6) is 0 Å². The molecule has 29 heavy (non-hydrogen) atoms. The monoisotopic (exact) mass is 418 g/mol. The van der Waals surface area contributed by atoms with Crippen LogP contribution in [0, 0.1) is 19.8 Å². The van der Waals surface area contributed by atoms with Gasteiger partial charge in [-0.2, -0.15) is 4.98 Å². The molecule has 2 aromatic rings. The third kappa shape index (κ3) is 3.69. The quantitative estimate of drug-likeness (QED) is 0.742.